The van der Waals surface area contributed by atoms with E-state index in [1.54, 1.807) is 0 Å². The van der Waals surface area contributed by atoms with Gasteiger partial charge in [0.25, 0.3) is 5.91 Å². The molecule has 2 aromatic rings. The number of benzene rings is 2. The lowest BCUT2D eigenvalue weighted by molar-refractivity contribution is -0.141. The van der Waals surface area contributed by atoms with E-state index in [0.717, 1.165) is 5.56 Å². The number of amides is 1. The second kappa shape index (κ2) is 8.85. The summed E-state index contributed by atoms with van der Waals surface area (Å²) in [5.74, 6) is -0.521. The molecule has 4 heteroatoms. The minimum absolute atomic E-state index is 0.0356. The first-order chi connectivity index (χ1) is 12.7. The van der Waals surface area contributed by atoms with Gasteiger partial charge in [-0.15, -0.1) is 0 Å². The van der Waals surface area contributed by atoms with Gasteiger partial charge in [0.1, 0.15) is 0 Å². The van der Waals surface area contributed by atoms with Gasteiger partial charge in [-0.2, -0.15) is 0 Å². The maximum Gasteiger partial charge on any atom is 0.307 e. The molecule has 0 heterocycles. The number of methoxy groups -OCH3 is 1. The van der Waals surface area contributed by atoms with Gasteiger partial charge in [0.05, 0.1) is 13.5 Å². The molecule has 144 valence electrons. The van der Waals surface area contributed by atoms with Gasteiger partial charge in [-0.05, 0) is 42.0 Å². The van der Waals surface area contributed by atoms with Crippen molar-refractivity contribution in [1.29, 1.82) is 0 Å². The fourth-order valence-corrected chi connectivity index (χ4v) is 2.86. The van der Waals surface area contributed by atoms with Crippen LogP contribution in [-0.2, 0) is 21.4 Å². The van der Waals surface area contributed by atoms with Crippen LogP contribution in [0.5, 0.6) is 0 Å². The largest absolute Gasteiger partial charge is 0.469 e. The summed E-state index contributed by atoms with van der Waals surface area (Å²) in [4.78, 5) is 24.4. The second-order valence-corrected chi connectivity index (χ2v) is 7.97. The molecule has 0 aromatic heterocycles. The third-order valence-electron chi connectivity index (χ3n) is 4.59. The molecule has 2 aromatic carbocycles. The van der Waals surface area contributed by atoms with E-state index >= 15 is 0 Å². The maximum absolute atomic E-state index is 12.7. The molecule has 0 spiro atoms. The first-order valence-corrected chi connectivity index (χ1v) is 9.23. The lowest BCUT2D eigenvalue weighted by Crippen LogP contribution is -2.38. The molecule has 0 aliphatic rings. The molecule has 2 rings (SSSR count). The summed E-state index contributed by atoms with van der Waals surface area (Å²) in [7, 11) is 1.36. The van der Waals surface area contributed by atoms with Crippen molar-refractivity contribution in [3.8, 4) is 0 Å². The van der Waals surface area contributed by atoms with Gasteiger partial charge in [0, 0.05) is 11.6 Å². The molecule has 0 saturated carbocycles. The zero-order valence-electron chi connectivity index (χ0n) is 16.8. The third kappa shape index (κ3) is 6.24. The summed E-state index contributed by atoms with van der Waals surface area (Å²) in [5.41, 5.74) is 4.03. The molecule has 0 radical (unpaired) electrons. The molecule has 4 nitrogen and oxygen atoms in total. The standard InChI is InChI=1S/C23H29NO3/c1-16-6-8-17(9-7-16)14-20(15-21(25)27-5)24-22(26)18-10-12-19(13-11-18)23(2,3)4/h6-13,20H,14-15H2,1-5H3,(H,24,26)/t20-/m0/s1. The minimum Gasteiger partial charge on any atom is -0.469 e. The van der Waals surface area contributed by atoms with Gasteiger partial charge in [0.2, 0.25) is 0 Å². The first kappa shape index (κ1) is 20.7. The summed E-state index contributed by atoms with van der Waals surface area (Å²) < 4.78 is 4.79. The number of hydrogen-bond donors (Lipinski definition) is 1. The van der Waals surface area contributed by atoms with Crippen molar-refractivity contribution in [3.63, 3.8) is 0 Å². The van der Waals surface area contributed by atoms with E-state index < -0.39 is 0 Å². The van der Waals surface area contributed by atoms with Gasteiger partial charge in [-0.1, -0.05) is 62.7 Å². The van der Waals surface area contributed by atoms with Crippen LogP contribution in [0, 0.1) is 6.92 Å². The average molecular weight is 367 g/mol. The predicted octanol–water partition coefficient (Wildman–Crippen LogP) is 4.20. The quantitative estimate of drug-likeness (QED) is 0.779. The highest BCUT2D eigenvalue weighted by atomic mass is 16.5. The number of ether oxygens (including phenoxy) is 1. The normalized spacial score (nSPS) is 12.3. The van der Waals surface area contributed by atoms with E-state index in [1.807, 2.05) is 55.5 Å². The van der Waals surface area contributed by atoms with Crippen LogP contribution < -0.4 is 5.32 Å². The van der Waals surface area contributed by atoms with Crippen LogP contribution in [0.15, 0.2) is 48.5 Å². The number of carbonyl (C=O) groups excluding carboxylic acids is 2. The number of carbonyl (C=O) groups is 2. The zero-order chi connectivity index (χ0) is 20.0. The number of aryl methyl sites for hydroxylation is 1. The van der Waals surface area contributed by atoms with E-state index in [0.29, 0.717) is 12.0 Å². The van der Waals surface area contributed by atoms with E-state index in [4.69, 9.17) is 4.74 Å². The van der Waals surface area contributed by atoms with Gasteiger partial charge < -0.3 is 10.1 Å². The van der Waals surface area contributed by atoms with Gasteiger partial charge in [0.15, 0.2) is 0 Å². The molecule has 0 bridgehead atoms. The van der Waals surface area contributed by atoms with Crippen LogP contribution in [0.25, 0.3) is 0 Å². The Balaban J connectivity index is 2.12. The average Bonchev–Trinajstić information content (AvgIpc) is 2.62. The fourth-order valence-electron chi connectivity index (χ4n) is 2.86. The number of nitrogens with one attached hydrogen (secondary N) is 1. The Labute approximate surface area is 161 Å². The second-order valence-electron chi connectivity index (χ2n) is 7.97. The van der Waals surface area contributed by atoms with Crippen molar-refractivity contribution in [2.75, 3.05) is 7.11 Å². The smallest absolute Gasteiger partial charge is 0.307 e. The predicted molar refractivity (Wildman–Crippen MR) is 108 cm³/mol. The summed E-state index contributed by atoms with van der Waals surface area (Å²) in [6, 6.07) is 15.4. The van der Waals surface area contributed by atoms with Crippen LogP contribution in [0.3, 0.4) is 0 Å². The first-order valence-electron chi connectivity index (χ1n) is 9.23. The summed E-state index contributed by atoms with van der Waals surface area (Å²) in [6.07, 6.45) is 0.706. The molecular weight excluding hydrogens is 338 g/mol. The van der Waals surface area contributed by atoms with Crippen LogP contribution in [-0.4, -0.2) is 25.0 Å². The molecule has 0 fully saturated rings. The Kier molecular flexibility index (Phi) is 6.78. The monoisotopic (exact) mass is 367 g/mol. The highest BCUT2D eigenvalue weighted by Crippen LogP contribution is 2.22. The molecule has 0 aliphatic heterocycles. The van der Waals surface area contributed by atoms with Crippen LogP contribution in [0.1, 0.15) is 54.2 Å². The molecule has 0 aliphatic carbocycles. The third-order valence-corrected chi connectivity index (χ3v) is 4.59. The molecule has 27 heavy (non-hydrogen) atoms. The van der Waals surface area contributed by atoms with Crippen molar-refractivity contribution in [2.45, 2.75) is 52.0 Å². The molecule has 1 amide bonds. The lowest BCUT2D eigenvalue weighted by Gasteiger charge is -2.20. The van der Waals surface area contributed by atoms with Crippen LogP contribution in [0.2, 0.25) is 0 Å². The van der Waals surface area contributed by atoms with Crippen molar-refractivity contribution in [2.24, 2.45) is 0 Å². The molecular formula is C23H29NO3. The van der Waals surface area contributed by atoms with Crippen molar-refractivity contribution < 1.29 is 14.3 Å². The number of hydrogen-bond acceptors (Lipinski definition) is 3. The topological polar surface area (TPSA) is 55.4 Å². The Hall–Kier alpha value is -2.62. The van der Waals surface area contributed by atoms with Gasteiger partial charge in [-0.25, -0.2) is 0 Å². The van der Waals surface area contributed by atoms with Crippen LogP contribution in [0.4, 0.5) is 0 Å². The Morgan fingerprint density at radius 2 is 1.59 bits per heavy atom. The van der Waals surface area contributed by atoms with E-state index in [2.05, 4.69) is 26.1 Å². The Morgan fingerprint density at radius 3 is 2.11 bits per heavy atom. The zero-order valence-corrected chi connectivity index (χ0v) is 16.8. The van der Waals surface area contributed by atoms with Gasteiger partial charge in [-0.3, -0.25) is 9.59 Å². The molecule has 1 atom stereocenters. The van der Waals surface area contributed by atoms with E-state index in [1.165, 1.54) is 18.2 Å². The van der Waals surface area contributed by atoms with E-state index in [-0.39, 0.29) is 29.8 Å². The van der Waals surface area contributed by atoms with Gasteiger partial charge >= 0.3 is 5.97 Å². The van der Waals surface area contributed by atoms with Crippen molar-refractivity contribution in [3.05, 3.63) is 70.8 Å². The molecule has 1 N–H and O–H groups in total. The van der Waals surface area contributed by atoms with E-state index in [9.17, 15) is 9.59 Å². The Bertz CT molecular complexity index is 771. The van der Waals surface area contributed by atoms with Crippen molar-refractivity contribution in [1.82, 2.24) is 5.32 Å². The molecule has 0 saturated heterocycles. The summed E-state index contributed by atoms with van der Waals surface area (Å²) in [5, 5.41) is 2.98. The summed E-state index contributed by atoms with van der Waals surface area (Å²) in [6.45, 7) is 8.43. The van der Waals surface area contributed by atoms with Crippen LogP contribution >= 0.6 is 0 Å². The fraction of sp³-hybridized carbons (Fsp3) is 0.391. The number of esters is 1. The maximum atomic E-state index is 12.7. The molecule has 0 unspecified atom stereocenters. The Morgan fingerprint density at radius 1 is 1.00 bits per heavy atom. The highest BCUT2D eigenvalue weighted by Gasteiger charge is 2.19. The minimum atomic E-state index is -0.338. The number of rotatable bonds is 6. The van der Waals surface area contributed by atoms with Crippen molar-refractivity contribution >= 4 is 11.9 Å². The SMILES string of the molecule is COC(=O)C[C@H](Cc1ccc(C)cc1)NC(=O)c1ccc(C(C)(C)C)cc1. The highest BCUT2D eigenvalue weighted by molar-refractivity contribution is 5.94. The summed E-state index contributed by atoms with van der Waals surface area (Å²) >= 11 is 0. The lowest BCUT2D eigenvalue weighted by atomic mass is 9.86.